The van der Waals surface area contributed by atoms with Gasteiger partial charge in [0.1, 0.15) is 0 Å². The number of nitrogens with one attached hydrogen (secondary N) is 1. The fraction of sp³-hybridized carbons (Fsp3) is 0.438. The summed E-state index contributed by atoms with van der Waals surface area (Å²) in [5, 5.41) is 17.0. The van der Waals surface area contributed by atoms with E-state index in [2.05, 4.69) is 20.7 Å². The van der Waals surface area contributed by atoms with Gasteiger partial charge in [0.2, 0.25) is 10.9 Å². The lowest BCUT2D eigenvalue weighted by molar-refractivity contribution is 0.413. The van der Waals surface area contributed by atoms with Crippen LogP contribution in [0, 0.1) is 0 Å². The second-order valence-electron chi connectivity index (χ2n) is 5.80. The van der Waals surface area contributed by atoms with Gasteiger partial charge in [-0.05, 0) is 25.0 Å². The van der Waals surface area contributed by atoms with Gasteiger partial charge in [0.05, 0.1) is 12.0 Å². The minimum absolute atomic E-state index is 0.552. The zero-order valence-electron chi connectivity index (χ0n) is 13.1. The van der Waals surface area contributed by atoms with Crippen molar-refractivity contribution < 1.29 is 8.94 Å². The monoisotopic (exact) mass is 362 g/mol. The molecule has 1 aliphatic carbocycles. The van der Waals surface area contributed by atoms with Crippen LogP contribution in [0.1, 0.15) is 37.8 Å². The third kappa shape index (κ3) is 3.81. The van der Waals surface area contributed by atoms with Crippen molar-refractivity contribution >= 4 is 28.2 Å². The lowest BCUT2D eigenvalue weighted by Crippen LogP contribution is -2.21. The highest BCUT2D eigenvalue weighted by molar-refractivity contribution is 8.00. The molecule has 0 aromatic carbocycles. The SMILES string of the molecule is c1coc(-c2cc(CSc3nnc(NC4CCCCC4)s3)no2)c1. The van der Waals surface area contributed by atoms with E-state index >= 15 is 0 Å². The Balaban J connectivity index is 1.31. The molecule has 1 saturated carbocycles. The Morgan fingerprint density at radius 1 is 1.21 bits per heavy atom. The van der Waals surface area contributed by atoms with Crippen molar-refractivity contribution in [3.63, 3.8) is 0 Å². The fourth-order valence-electron chi connectivity index (χ4n) is 2.80. The van der Waals surface area contributed by atoms with Crippen LogP contribution in [-0.2, 0) is 5.75 Å². The molecule has 0 amide bonds. The highest BCUT2D eigenvalue weighted by Gasteiger charge is 2.16. The molecule has 0 spiro atoms. The Morgan fingerprint density at radius 2 is 2.12 bits per heavy atom. The van der Waals surface area contributed by atoms with Crippen LogP contribution in [-0.4, -0.2) is 21.4 Å². The molecule has 3 heterocycles. The molecule has 0 radical (unpaired) electrons. The molecule has 0 bridgehead atoms. The van der Waals surface area contributed by atoms with Crippen LogP contribution in [0.15, 0.2) is 37.7 Å². The summed E-state index contributed by atoms with van der Waals surface area (Å²) in [6.45, 7) is 0. The molecule has 1 N–H and O–H groups in total. The summed E-state index contributed by atoms with van der Waals surface area (Å²) in [7, 11) is 0. The molecule has 24 heavy (non-hydrogen) atoms. The van der Waals surface area contributed by atoms with Crippen LogP contribution in [0.3, 0.4) is 0 Å². The summed E-state index contributed by atoms with van der Waals surface area (Å²) >= 11 is 3.22. The van der Waals surface area contributed by atoms with Gasteiger partial charge in [-0.3, -0.25) is 0 Å². The number of rotatable bonds is 6. The first-order chi connectivity index (χ1) is 11.9. The highest BCUT2D eigenvalue weighted by Crippen LogP contribution is 2.31. The second kappa shape index (κ2) is 7.40. The molecule has 8 heteroatoms. The van der Waals surface area contributed by atoms with Crippen molar-refractivity contribution in [3.8, 4) is 11.5 Å². The van der Waals surface area contributed by atoms with E-state index in [9.17, 15) is 0 Å². The van der Waals surface area contributed by atoms with Gasteiger partial charge in [-0.2, -0.15) is 0 Å². The summed E-state index contributed by atoms with van der Waals surface area (Å²) in [5.74, 6) is 2.03. The van der Waals surface area contributed by atoms with Gasteiger partial charge in [0.25, 0.3) is 0 Å². The van der Waals surface area contributed by atoms with Gasteiger partial charge in [0.15, 0.2) is 10.1 Å². The number of anilines is 1. The van der Waals surface area contributed by atoms with Crippen LogP contribution in [0.25, 0.3) is 11.5 Å². The van der Waals surface area contributed by atoms with E-state index < -0.39 is 0 Å². The molecule has 0 saturated heterocycles. The van der Waals surface area contributed by atoms with Crippen LogP contribution >= 0.6 is 23.1 Å². The quantitative estimate of drug-likeness (QED) is 0.630. The molecule has 4 rings (SSSR count). The zero-order valence-corrected chi connectivity index (χ0v) is 14.7. The maximum Gasteiger partial charge on any atom is 0.206 e. The van der Waals surface area contributed by atoms with Crippen molar-refractivity contribution in [2.75, 3.05) is 5.32 Å². The summed E-state index contributed by atoms with van der Waals surface area (Å²) in [6.07, 6.45) is 8.05. The van der Waals surface area contributed by atoms with Gasteiger partial charge >= 0.3 is 0 Å². The predicted octanol–water partition coefficient (Wildman–Crippen LogP) is 4.82. The van der Waals surface area contributed by atoms with Crippen molar-refractivity contribution in [1.29, 1.82) is 0 Å². The number of hydrogen-bond acceptors (Lipinski definition) is 8. The van der Waals surface area contributed by atoms with Gasteiger partial charge in [-0.15, -0.1) is 10.2 Å². The van der Waals surface area contributed by atoms with E-state index in [4.69, 9.17) is 8.94 Å². The maximum absolute atomic E-state index is 5.30. The molecular formula is C16H18N4O2S2. The Morgan fingerprint density at radius 3 is 2.96 bits per heavy atom. The van der Waals surface area contributed by atoms with E-state index in [0.717, 1.165) is 15.2 Å². The number of furan rings is 1. The van der Waals surface area contributed by atoms with E-state index in [0.29, 0.717) is 23.3 Å². The summed E-state index contributed by atoms with van der Waals surface area (Å²) < 4.78 is 11.5. The van der Waals surface area contributed by atoms with Gasteiger partial charge < -0.3 is 14.3 Å². The first-order valence-corrected chi connectivity index (χ1v) is 9.89. The summed E-state index contributed by atoms with van der Waals surface area (Å²) in [6, 6.07) is 6.13. The number of hydrogen-bond donors (Lipinski definition) is 1. The lowest BCUT2D eigenvalue weighted by Gasteiger charge is -2.21. The van der Waals surface area contributed by atoms with Crippen LogP contribution in [0.4, 0.5) is 5.13 Å². The topological polar surface area (TPSA) is 77.0 Å². The first-order valence-electron chi connectivity index (χ1n) is 8.09. The smallest absolute Gasteiger partial charge is 0.206 e. The Hall–Kier alpha value is -1.80. The Kier molecular flexibility index (Phi) is 4.84. The van der Waals surface area contributed by atoms with E-state index in [1.165, 1.54) is 32.1 Å². The van der Waals surface area contributed by atoms with Crippen molar-refractivity contribution in [1.82, 2.24) is 15.4 Å². The normalized spacial score (nSPS) is 15.7. The van der Waals surface area contributed by atoms with Gasteiger partial charge in [-0.25, -0.2) is 0 Å². The summed E-state index contributed by atoms with van der Waals surface area (Å²) in [4.78, 5) is 0. The van der Waals surface area contributed by atoms with Crippen molar-refractivity contribution in [2.45, 2.75) is 48.2 Å². The minimum atomic E-state index is 0.552. The third-order valence-electron chi connectivity index (χ3n) is 4.01. The minimum Gasteiger partial charge on any atom is -0.461 e. The fourth-order valence-corrected chi connectivity index (χ4v) is 4.51. The molecule has 0 atom stereocenters. The number of nitrogens with zero attached hydrogens (tertiary/aromatic N) is 3. The predicted molar refractivity (Wildman–Crippen MR) is 94.2 cm³/mol. The lowest BCUT2D eigenvalue weighted by atomic mass is 9.96. The summed E-state index contributed by atoms with van der Waals surface area (Å²) in [5.41, 5.74) is 0.864. The standard InChI is InChI=1S/C16H18N4O2S2/c1-2-5-11(6-3-1)17-15-18-19-16(24-15)23-10-12-9-14(22-20-12)13-7-4-8-21-13/h4,7-9,11H,1-3,5-6,10H2,(H,17,18). The molecule has 0 unspecified atom stereocenters. The first kappa shape index (κ1) is 15.7. The molecule has 6 nitrogen and oxygen atoms in total. The van der Waals surface area contributed by atoms with Crippen LogP contribution in [0.2, 0.25) is 0 Å². The largest absolute Gasteiger partial charge is 0.461 e. The Bertz CT molecular complexity index is 763. The van der Waals surface area contributed by atoms with Gasteiger partial charge in [0, 0.05) is 17.9 Å². The van der Waals surface area contributed by atoms with E-state index in [-0.39, 0.29) is 0 Å². The average Bonchev–Trinajstić information content (AvgIpc) is 3.35. The Labute approximate surface area is 148 Å². The molecule has 1 fully saturated rings. The van der Waals surface area contributed by atoms with E-state index in [1.54, 1.807) is 29.4 Å². The molecule has 3 aromatic heterocycles. The van der Waals surface area contributed by atoms with Crippen molar-refractivity contribution in [2.24, 2.45) is 0 Å². The molecular weight excluding hydrogens is 344 g/mol. The third-order valence-corrected chi connectivity index (χ3v) is 6.03. The zero-order chi connectivity index (χ0) is 16.2. The molecule has 126 valence electrons. The maximum atomic E-state index is 5.30. The molecule has 3 aromatic rings. The molecule has 1 aliphatic rings. The number of aromatic nitrogens is 3. The second-order valence-corrected chi connectivity index (χ2v) is 8.00. The van der Waals surface area contributed by atoms with Crippen LogP contribution < -0.4 is 5.32 Å². The average molecular weight is 362 g/mol. The van der Waals surface area contributed by atoms with E-state index in [1.807, 2.05) is 18.2 Å². The van der Waals surface area contributed by atoms with Crippen LogP contribution in [0.5, 0.6) is 0 Å². The van der Waals surface area contributed by atoms with Crippen molar-refractivity contribution in [3.05, 3.63) is 30.2 Å². The molecule has 0 aliphatic heterocycles. The number of thioether (sulfide) groups is 1. The highest BCUT2D eigenvalue weighted by atomic mass is 32.2. The van der Waals surface area contributed by atoms with Gasteiger partial charge in [-0.1, -0.05) is 47.5 Å².